The van der Waals surface area contributed by atoms with E-state index in [0.717, 1.165) is 10.9 Å². The molecular formula is C21H19N5O2. The van der Waals surface area contributed by atoms with Crippen LogP contribution in [-0.4, -0.2) is 25.2 Å². The van der Waals surface area contributed by atoms with E-state index in [4.69, 9.17) is 0 Å². The summed E-state index contributed by atoms with van der Waals surface area (Å²) in [6.45, 7) is 0.396. The van der Waals surface area contributed by atoms with Crippen LogP contribution < -0.4 is 10.9 Å². The average Bonchev–Trinajstić information content (AvgIpc) is 3.24. The number of hydrogen-bond acceptors (Lipinski definition) is 4. The Labute approximate surface area is 161 Å². The molecule has 0 aliphatic carbocycles. The molecule has 0 saturated carbocycles. The van der Waals surface area contributed by atoms with Gasteiger partial charge in [0.05, 0.1) is 24.0 Å². The van der Waals surface area contributed by atoms with Crippen LogP contribution in [0.1, 0.15) is 11.6 Å². The molecule has 2 aromatic heterocycles. The summed E-state index contributed by atoms with van der Waals surface area (Å²) in [4.78, 5) is 29.3. The summed E-state index contributed by atoms with van der Waals surface area (Å²) in [5.74, 6) is -0.279. The molecule has 2 heterocycles. The molecule has 140 valence electrons. The standard InChI is InChI=1S/C21H19N5O2/c27-20(14-26-21(28)18-9-5-4-8-17(18)12-23-26)24-19(13-25-11-10-22-15-25)16-6-2-1-3-7-16/h1-12,15,19H,13-14H2,(H,24,27). The van der Waals surface area contributed by atoms with E-state index in [1.807, 2.05) is 53.2 Å². The maximum absolute atomic E-state index is 12.7. The summed E-state index contributed by atoms with van der Waals surface area (Å²) < 4.78 is 3.09. The Morgan fingerprint density at radius 1 is 1.07 bits per heavy atom. The molecule has 7 heteroatoms. The van der Waals surface area contributed by atoms with Gasteiger partial charge in [-0.25, -0.2) is 9.67 Å². The minimum absolute atomic E-state index is 0.142. The molecule has 1 N–H and O–H groups in total. The van der Waals surface area contributed by atoms with E-state index in [9.17, 15) is 9.59 Å². The van der Waals surface area contributed by atoms with Gasteiger partial charge in [-0.05, 0) is 11.6 Å². The van der Waals surface area contributed by atoms with Crippen molar-refractivity contribution in [2.24, 2.45) is 0 Å². The molecule has 0 spiro atoms. The maximum Gasteiger partial charge on any atom is 0.275 e. The molecule has 0 fully saturated rings. The van der Waals surface area contributed by atoms with Crippen molar-refractivity contribution in [1.82, 2.24) is 24.6 Å². The van der Waals surface area contributed by atoms with Crippen LogP contribution in [0.5, 0.6) is 0 Å². The molecule has 1 unspecified atom stereocenters. The van der Waals surface area contributed by atoms with Gasteiger partial charge in [0, 0.05) is 24.3 Å². The molecule has 28 heavy (non-hydrogen) atoms. The number of benzene rings is 2. The lowest BCUT2D eigenvalue weighted by Gasteiger charge is -2.20. The van der Waals surface area contributed by atoms with Gasteiger partial charge >= 0.3 is 0 Å². The first-order chi connectivity index (χ1) is 13.7. The molecule has 7 nitrogen and oxygen atoms in total. The predicted molar refractivity (Wildman–Crippen MR) is 106 cm³/mol. The van der Waals surface area contributed by atoms with Crippen molar-refractivity contribution in [2.75, 3.05) is 0 Å². The Balaban J connectivity index is 1.55. The molecular weight excluding hydrogens is 354 g/mol. The number of amides is 1. The van der Waals surface area contributed by atoms with E-state index in [-0.39, 0.29) is 24.1 Å². The van der Waals surface area contributed by atoms with Crippen molar-refractivity contribution < 1.29 is 4.79 Å². The van der Waals surface area contributed by atoms with Crippen molar-refractivity contribution >= 4 is 16.7 Å². The summed E-state index contributed by atoms with van der Waals surface area (Å²) in [5, 5.41) is 8.44. The van der Waals surface area contributed by atoms with E-state index in [0.29, 0.717) is 11.9 Å². The van der Waals surface area contributed by atoms with Crippen LogP contribution in [0.2, 0.25) is 0 Å². The number of carbonyl (C=O) groups excluding carboxylic acids is 1. The van der Waals surface area contributed by atoms with Crippen molar-refractivity contribution in [3.8, 4) is 0 Å². The topological polar surface area (TPSA) is 81.8 Å². The lowest BCUT2D eigenvalue weighted by molar-refractivity contribution is -0.122. The molecule has 0 aliphatic rings. The minimum atomic E-state index is -0.279. The molecule has 0 bridgehead atoms. The van der Waals surface area contributed by atoms with Gasteiger partial charge < -0.3 is 9.88 Å². The molecule has 4 aromatic rings. The number of rotatable bonds is 6. The molecule has 1 atom stereocenters. The number of fused-ring (bicyclic) bond motifs is 1. The Morgan fingerprint density at radius 2 is 1.86 bits per heavy atom. The number of hydrogen-bond donors (Lipinski definition) is 1. The fourth-order valence-electron chi connectivity index (χ4n) is 3.14. The van der Waals surface area contributed by atoms with Gasteiger partial charge in [-0.2, -0.15) is 5.10 Å². The van der Waals surface area contributed by atoms with Gasteiger partial charge in [0.15, 0.2) is 0 Å². The zero-order chi connectivity index (χ0) is 19.3. The number of nitrogens with zero attached hydrogens (tertiary/aromatic N) is 4. The molecule has 4 rings (SSSR count). The monoisotopic (exact) mass is 373 g/mol. The van der Waals surface area contributed by atoms with E-state index in [1.54, 1.807) is 30.9 Å². The van der Waals surface area contributed by atoms with Crippen LogP contribution in [0.3, 0.4) is 0 Å². The third-order valence-electron chi connectivity index (χ3n) is 4.54. The number of aromatic nitrogens is 4. The smallest absolute Gasteiger partial charge is 0.275 e. The van der Waals surface area contributed by atoms with Gasteiger partial charge in [-0.3, -0.25) is 9.59 Å². The Hall–Kier alpha value is -3.74. The fourth-order valence-corrected chi connectivity index (χ4v) is 3.14. The van der Waals surface area contributed by atoms with E-state index >= 15 is 0 Å². The van der Waals surface area contributed by atoms with Crippen molar-refractivity contribution in [3.05, 3.63) is 95.4 Å². The lowest BCUT2D eigenvalue weighted by atomic mass is 10.1. The second-order valence-electron chi connectivity index (χ2n) is 6.48. The molecule has 0 radical (unpaired) electrons. The second-order valence-corrected chi connectivity index (χ2v) is 6.48. The van der Waals surface area contributed by atoms with Gasteiger partial charge in [0.1, 0.15) is 6.54 Å². The number of carbonyl (C=O) groups is 1. The number of nitrogens with one attached hydrogen (secondary N) is 1. The molecule has 0 saturated heterocycles. The van der Waals surface area contributed by atoms with E-state index in [2.05, 4.69) is 15.4 Å². The zero-order valence-electron chi connectivity index (χ0n) is 15.1. The SMILES string of the molecule is O=C(Cn1ncc2ccccc2c1=O)NC(Cn1ccnc1)c1ccccc1. The van der Waals surface area contributed by atoms with Crippen molar-refractivity contribution in [2.45, 2.75) is 19.1 Å². The van der Waals surface area contributed by atoms with Crippen LogP contribution in [-0.2, 0) is 17.9 Å². The van der Waals surface area contributed by atoms with Crippen LogP contribution in [0.25, 0.3) is 10.8 Å². The second kappa shape index (κ2) is 7.87. The van der Waals surface area contributed by atoms with Crippen molar-refractivity contribution in [1.29, 1.82) is 0 Å². The zero-order valence-corrected chi connectivity index (χ0v) is 15.1. The highest BCUT2D eigenvalue weighted by atomic mass is 16.2. The van der Waals surface area contributed by atoms with E-state index in [1.165, 1.54) is 4.68 Å². The Morgan fingerprint density at radius 3 is 2.64 bits per heavy atom. The highest BCUT2D eigenvalue weighted by molar-refractivity contribution is 5.81. The predicted octanol–water partition coefficient (Wildman–Crippen LogP) is 2.15. The highest BCUT2D eigenvalue weighted by Gasteiger charge is 2.16. The summed E-state index contributed by atoms with van der Waals surface area (Å²) >= 11 is 0. The first-order valence-electron chi connectivity index (χ1n) is 8.95. The highest BCUT2D eigenvalue weighted by Crippen LogP contribution is 2.15. The fraction of sp³-hybridized carbons (Fsp3) is 0.143. The van der Waals surface area contributed by atoms with Crippen LogP contribution >= 0.6 is 0 Å². The molecule has 1 amide bonds. The number of imidazole rings is 1. The first kappa shape index (κ1) is 17.7. The van der Waals surface area contributed by atoms with Gasteiger partial charge in [0.25, 0.3) is 5.56 Å². The third kappa shape index (κ3) is 3.83. The Bertz CT molecular complexity index is 1140. The molecule has 0 aliphatic heterocycles. The quantitative estimate of drug-likeness (QED) is 0.561. The normalized spacial score (nSPS) is 12.0. The van der Waals surface area contributed by atoms with E-state index < -0.39 is 0 Å². The first-order valence-corrected chi connectivity index (χ1v) is 8.95. The van der Waals surface area contributed by atoms with Gasteiger partial charge in [-0.1, -0.05) is 48.5 Å². The largest absolute Gasteiger partial charge is 0.346 e. The van der Waals surface area contributed by atoms with Crippen LogP contribution in [0.4, 0.5) is 0 Å². The third-order valence-corrected chi connectivity index (χ3v) is 4.54. The average molecular weight is 373 g/mol. The maximum atomic E-state index is 12.7. The summed E-state index contributed by atoms with van der Waals surface area (Å²) in [6.07, 6.45) is 6.85. The molecule has 2 aromatic carbocycles. The minimum Gasteiger partial charge on any atom is -0.346 e. The van der Waals surface area contributed by atoms with Crippen LogP contribution in [0.15, 0.2) is 84.3 Å². The summed E-state index contributed by atoms with van der Waals surface area (Å²) in [5.41, 5.74) is 0.697. The van der Waals surface area contributed by atoms with Gasteiger partial charge in [-0.15, -0.1) is 0 Å². The van der Waals surface area contributed by atoms with Crippen molar-refractivity contribution in [3.63, 3.8) is 0 Å². The van der Waals surface area contributed by atoms with Crippen LogP contribution in [0, 0.1) is 0 Å². The van der Waals surface area contributed by atoms with Gasteiger partial charge in [0.2, 0.25) is 5.91 Å². The summed E-state index contributed by atoms with van der Waals surface area (Å²) in [7, 11) is 0. The Kier molecular flexibility index (Phi) is 4.97. The lowest BCUT2D eigenvalue weighted by Crippen LogP contribution is -2.37. The summed E-state index contributed by atoms with van der Waals surface area (Å²) in [6, 6.07) is 16.7.